The second-order valence-electron chi connectivity index (χ2n) is 4.52. The zero-order valence-corrected chi connectivity index (χ0v) is 11.4. The first-order chi connectivity index (χ1) is 9.00. The van der Waals surface area contributed by atoms with Crippen LogP contribution in [0.2, 0.25) is 0 Å². The van der Waals surface area contributed by atoms with Crippen LogP contribution in [0.5, 0.6) is 0 Å². The molecule has 7 heteroatoms. The zero-order valence-electron chi connectivity index (χ0n) is 10.6. The van der Waals surface area contributed by atoms with Crippen molar-refractivity contribution in [1.29, 1.82) is 5.41 Å². The normalized spacial score (nSPS) is 18.3. The number of sulfonamides is 1. The first-order valence-corrected chi connectivity index (χ1v) is 7.54. The Bertz CT molecular complexity index is 536. The lowest BCUT2D eigenvalue weighted by Crippen LogP contribution is -2.50. The molecule has 0 aliphatic carbocycles. The van der Waals surface area contributed by atoms with Crippen molar-refractivity contribution in [1.82, 2.24) is 9.21 Å². The van der Waals surface area contributed by atoms with Crippen molar-refractivity contribution >= 4 is 15.9 Å². The fraction of sp³-hybridized carbons (Fsp3) is 0.417. The Balaban J connectivity index is 2.03. The van der Waals surface area contributed by atoms with Crippen molar-refractivity contribution in [3.8, 4) is 0 Å². The highest BCUT2D eigenvalue weighted by Crippen LogP contribution is 2.16. The minimum atomic E-state index is -3.39. The van der Waals surface area contributed by atoms with Gasteiger partial charge in [0.25, 0.3) is 0 Å². The molecule has 1 fully saturated rings. The molecule has 1 aromatic rings. The number of benzene rings is 1. The van der Waals surface area contributed by atoms with E-state index in [1.54, 1.807) is 30.3 Å². The average Bonchev–Trinajstić information content (AvgIpc) is 2.40. The summed E-state index contributed by atoms with van der Waals surface area (Å²) in [5, 5.41) is 7.24. The van der Waals surface area contributed by atoms with E-state index >= 15 is 0 Å². The number of piperazine rings is 1. The molecule has 2 rings (SSSR count). The summed E-state index contributed by atoms with van der Waals surface area (Å²) in [6.07, 6.45) is 0. The third-order valence-corrected chi connectivity index (χ3v) is 5.02. The molecule has 0 atom stereocenters. The fourth-order valence-electron chi connectivity index (χ4n) is 2.11. The Morgan fingerprint density at radius 2 is 1.74 bits per heavy atom. The van der Waals surface area contributed by atoms with Gasteiger partial charge in [0.2, 0.25) is 10.0 Å². The second-order valence-corrected chi connectivity index (χ2v) is 6.46. The molecule has 0 bridgehead atoms. The molecule has 0 aromatic heterocycles. The number of amidine groups is 1. The van der Waals surface area contributed by atoms with E-state index in [9.17, 15) is 8.42 Å². The van der Waals surface area contributed by atoms with Crippen LogP contribution in [-0.4, -0.2) is 56.2 Å². The number of nitrogens with two attached hydrogens (primary N) is 1. The van der Waals surface area contributed by atoms with Crippen LogP contribution in [0.15, 0.2) is 35.2 Å². The molecule has 1 aromatic carbocycles. The van der Waals surface area contributed by atoms with Gasteiger partial charge in [-0.05, 0) is 12.1 Å². The molecule has 1 aliphatic rings. The molecule has 6 nitrogen and oxygen atoms in total. The molecule has 1 saturated heterocycles. The van der Waals surface area contributed by atoms with Crippen molar-refractivity contribution in [2.24, 2.45) is 5.73 Å². The predicted molar refractivity (Wildman–Crippen MR) is 73.6 cm³/mol. The van der Waals surface area contributed by atoms with E-state index in [2.05, 4.69) is 0 Å². The van der Waals surface area contributed by atoms with Gasteiger partial charge in [-0.3, -0.25) is 10.3 Å². The smallest absolute Gasteiger partial charge is 0.243 e. The predicted octanol–water partition coefficient (Wildman–Crippen LogP) is -0.0711. The molecule has 104 valence electrons. The van der Waals surface area contributed by atoms with Crippen LogP contribution in [0.3, 0.4) is 0 Å². The van der Waals surface area contributed by atoms with Gasteiger partial charge in [0.05, 0.1) is 11.4 Å². The van der Waals surface area contributed by atoms with E-state index in [-0.39, 0.29) is 5.84 Å². The SMILES string of the molecule is N=C(N)CN1CCN(S(=O)(=O)c2ccccc2)CC1. The van der Waals surface area contributed by atoms with Crippen LogP contribution >= 0.6 is 0 Å². The lowest BCUT2D eigenvalue weighted by atomic mass is 10.3. The molecule has 3 N–H and O–H groups in total. The number of rotatable bonds is 4. The van der Waals surface area contributed by atoms with Crippen LogP contribution < -0.4 is 5.73 Å². The van der Waals surface area contributed by atoms with Crippen molar-refractivity contribution < 1.29 is 8.42 Å². The number of nitrogens with one attached hydrogen (secondary N) is 1. The molecule has 19 heavy (non-hydrogen) atoms. The lowest BCUT2D eigenvalue weighted by molar-refractivity contribution is 0.209. The highest BCUT2D eigenvalue weighted by atomic mass is 32.2. The van der Waals surface area contributed by atoms with E-state index in [1.807, 2.05) is 4.90 Å². The first-order valence-electron chi connectivity index (χ1n) is 6.10. The van der Waals surface area contributed by atoms with E-state index in [0.29, 0.717) is 37.6 Å². The number of nitrogens with zero attached hydrogens (tertiary/aromatic N) is 2. The van der Waals surface area contributed by atoms with Gasteiger partial charge in [-0.1, -0.05) is 18.2 Å². The third kappa shape index (κ3) is 3.31. The molecule has 0 radical (unpaired) electrons. The number of hydrogen-bond donors (Lipinski definition) is 2. The lowest BCUT2D eigenvalue weighted by Gasteiger charge is -2.33. The molecule has 0 amide bonds. The third-order valence-electron chi connectivity index (χ3n) is 3.11. The molecule has 0 spiro atoms. The van der Waals surface area contributed by atoms with Crippen LogP contribution in [0, 0.1) is 5.41 Å². The molecule has 1 heterocycles. The van der Waals surface area contributed by atoms with E-state index < -0.39 is 10.0 Å². The van der Waals surface area contributed by atoms with Crippen LogP contribution in [-0.2, 0) is 10.0 Å². The van der Waals surface area contributed by atoms with E-state index in [1.165, 1.54) is 4.31 Å². The fourth-order valence-corrected chi connectivity index (χ4v) is 3.55. The summed E-state index contributed by atoms with van der Waals surface area (Å²) in [5.41, 5.74) is 5.34. The summed E-state index contributed by atoms with van der Waals surface area (Å²) in [4.78, 5) is 2.31. The number of hydrogen-bond acceptors (Lipinski definition) is 4. The van der Waals surface area contributed by atoms with Gasteiger partial charge in [0.15, 0.2) is 0 Å². The molecule has 0 unspecified atom stereocenters. The minimum Gasteiger partial charge on any atom is -0.387 e. The first kappa shape index (κ1) is 14.0. The van der Waals surface area contributed by atoms with Crippen molar-refractivity contribution in [3.05, 3.63) is 30.3 Å². The molecular weight excluding hydrogens is 264 g/mol. The van der Waals surface area contributed by atoms with Gasteiger partial charge in [-0.2, -0.15) is 4.31 Å². The van der Waals surface area contributed by atoms with Gasteiger partial charge in [-0.25, -0.2) is 8.42 Å². The summed E-state index contributed by atoms with van der Waals surface area (Å²) in [5.74, 6) is 0.111. The quantitative estimate of drug-likeness (QED) is 0.597. The monoisotopic (exact) mass is 282 g/mol. The Hall–Kier alpha value is -1.44. The average molecular weight is 282 g/mol. The summed E-state index contributed by atoms with van der Waals surface area (Å²) in [6.45, 7) is 2.48. The van der Waals surface area contributed by atoms with Crippen LogP contribution in [0.25, 0.3) is 0 Å². The molecule has 0 saturated carbocycles. The molecule has 1 aliphatic heterocycles. The maximum Gasteiger partial charge on any atom is 0.243 e. The van der Waals surface area contributed by atoms with Gasteiger partial charge < -0.3 is 5.73 Å². The van der Waals surface area contributed by atoms with Crippen molar-refractivity contribution in [2.45, 2.75) is 4.90 Å². The standard InChI is InChI=1S/C12H18N4O2S/c13-12(14)10-15-6-8-16(9-7-15)19(17,18)11-4-2-1-3-5-11/h1-5H,6-10H2,(H3,13,14). The van der Waals surface area contributed by atoms with E-state index in [4.69, 9.17) is 11.1 Å². The van der Waals surface area contributed by atoms with Crippen molar-refractivity contribution in [2.75, 3.05) is 32.7 Å². The van der Waals surface area contributed by atoms with Crippen LogP contribution in [0.1, 0.15) is 0 Å². The van der Waals surface area contributed by atoms with Crippen molar-refractivity contribution in [3.63, 3.8) is 0 Å². The summed E-state index contributed by atoms with van der Waals surface area (Å²) in [7, 11) is -3.39. The van der Waals surface area contributed by atoms with Gasteiger partial charge in [-0.15, -0.1) is 0 Å². The van der Waals surface area contributed by atoms with Crippen LogP contribution in [0.4, 0.5) is 0 Å². The zero-order chi connectivity index (χ0) is 13.9. The Morgan fingerprint density at radius 1 is 1.16 bits per heavy atom. The molecular formula is C12H18N4O2S. The Labute approximate surface area is 113 Å². The summed E-state index contributed by atoms with van der Waals surface area (Å²) in [6, 6.07) is 8.45. The topological polar surface area (TPSA) is 90.5 Å². The Kier molecular flexibility index (Phi) is 4.18. The second kappa shape index (κ2) is 5.68. The summed E-state index contributed by atoms with van der Waals surface area (Å²) >= 11 is 0. The summed E-state index contributed by atoms with van der Waals surface area (Å²) < 4.78 is 26.2. The van der Waals surface area contributed by atoms with E-state index in [0.717, 1.165) is 0 Å². The largest absolute Gasteiger partial charge is 0.387 e. The maximum atomic E-state index is 12.4. The minimum absolute atomic E-state index is 0.111. The van der Waals surface area contributed by atoms with Gasteiger partial charge in [0, 0.05) is 26.2 Å². The highest BCUT2D eigenvalue weighted by molar-refractivity contribution is 7.89. The van der Waals surface area contributed by atoms with Gasteiger partial charge >= 0.3 is 0 Å². The maximum absolute atomic E-state index is 12.4. The highest BCUT2D eigenvalue weighted by Gasteiger charge is 2.28. The van der Waals surface area contributed by atoms with Gasteiger partial charge in [0.1, 0.15) is 5.84 Å². The Morgan fingerprint density at radius 3 is 2.26 bits per heavy atom.